The Morgan fingerprint density at radius 1 is 1.17 bits per heavy atom. The van der Waals surface area contributed by atoms with Crippen LogP contribution in [0.25, 0.3) is 0 Å². The molecule has 3 saturated heterocycles. The van der Waals surface area contributed by atoms with E-state index in [-0.39, 0.29) is 17.9 Å². The summed E-state index contributed by atoms with van der Waals surface area (Å²) in [6.45, 7) is 6.32. The Morgan fingerprint density at radius 3 is 2.43 bits per heavy atom. The Balaban J connectivity index is 1.61. The molecule has 3 aliphatic rings. The average Bonchev–Trinajstić information content (AvgIpc) is 3.16. The number of likely N-dealkylation sites (tertiary alicyclic amines) is 1. The van der Waals surface area contributed by atoms with Crippen molar-refractivity contribution < 1.29 is 19.1 Å². The van der Waals surface area contributed by atoms with E-state index in [0.29, 0.717) is 50.8 Å². The highest BCUT2D eigenvalue weighted by atomic mass is 32.2. The summed E-state index contributed by atoms with van der Waals surface area (Å²) in [6.07, 6.45) is 3.03. The lowest BCUT2D eigenvalue weighted by Gasteiger charge is -2.39. The maximum absolute atomic E-state index is 12.8. The molecule has 6 nitrogen and oxygen atoms in total. The molecule has 128 valence electrons. The Labute approximate surface area is 141 Å². The number of carbonyl (C=O) groups excluding carboxylic acids is 2. The van der Waals surface area contributed by atoms with Gasteiger partial charge in [0.2, 0.25) is 11.8 Å². The van der Waals surface area contributed by atoms with Crippen molar-refractivity contribution in [2.45, 2.75) is 38.5 Å². The van der Waals surface area contributed by atoms with Crippen molar-refractivity contribution >= 4 is 23.6 Å². The number of amides is 2. The van der Waals surface area contributed by atoms with Crippen molar-refractivity contribution in [1.29, 1.82) is 0 Å². The fraction of sp³-hybridized carbons (Fsp3) is 0.750. The molecule has 0 bridgehead atoms. The van der Waals surface area contributed by atoms with Gasteiger partial charge in [0.15, 0.2) is 5.79 Å². The Bertz CT molecular complexity index is 502. The third-order valence-corrected chi connectivity index (χ3v) is 5.53. The summed E-state index contributed by atoms with van der Waals surface area (Å²) in [7, 11) is 0. The molecule has 1 atom stereocenters. The number of carbonyl (C=O) groups is 2. The predicted molar refractivity (Wildman–Crippen MR) is 87.8 cm³/mol. The average molecular weight is 340 g/mol. The molecule has 3 rings (SSSR count). The second kappa shape index (κ2) is 6.83. The van der Waals surface area contributed by atoms with Gasteiger partial charge in [0.25, 0.3) is 0 Å². The van der Waals surface area contributed by atoms with Gasteiger partial charge in [-0.3, -0.25) is 9.59 Å². The molecule has 0 N–H and O–H groups in total. The number of thioether (sulfide) groups is 1. The summed E-state index contributed by atoms with van der Waals surface area (Å²) in [5.41, 5.74) is 0.952. The van der Waals surface area contributed by atoms with Crippen molar-refractivity contribution in [3.8, 4) is 0 Å². The summed E-state index contributed by atoms with van der Waals surface area (Å²) >= 11 is 1.64. The molecular formula is C16H24N2O4S. The molecule has 0 saturated carbocycles. The molecule has 0 aromatic rings. The molecule has 2 amide bonds. The molecule has 0 radical (unpaired) electrons. The van der Waals surface area contributed by atoms with Crippen molar-refractivity contribution in [3.05, 3.63) is 11.6 Å². The van der Waals surface area contributed by atoms with Crippen LogP contribution in [0.3, 0.4) is 0 Å². The second-order valence-electron chi connectivity index (χ2n) is 6.48. The van der Waals surface area contributed by atoms with Gasteiger partial charge in [-0.2, -0.15) is 0 Å². The second-order valence-corrected chi connectivity index (χ2v) is 7.48. The molecule has 0 aromatic heterocycles. The lowest BCUT2D eigenvalue weighted by molar-refractivity contribution is -0.188. The van der Waals surface area contributed by atoms with E-state index in [0.717, 1.165) is 5.57 Å². The van der Waals surface area contributed by atoms with Gasteiger partial charge in [-0.05, 0) is 13.8 Å². The minimum absolute atomic E-state index is 0.0540. The predicted octanol–water partition coefficient (Wildman–Crippen LogP) is 1.22. The van der Waals surface area contributed by atoms with Gasteiger partial charge in [-0.1, -0.05) is 5.57 Å². The molecule has 3 aliphatic heterocycles. The zero-order valence-corrected chi connectivity index (χ0v) is 14.6. The van der Waals surface area contributed by atoms with Gasteiger partial charge < -0.3 is 19.3 Å². The van der Waals surface area contributed by atoms with E-state index in [1.54, 1.807) is 22.7 Å². The van der Waals surface area contributed by atoms with Gasteiger partial charge in [-0.25, -0.2) is 0 Å². The fourth-order valence-electron chi connectivity index (χ4n) is 3.26. The Morgan fingerprint density at radius 2 is 1.83 bits per heavy atom. The van der Waals surface area contributed by atoms with E-state index in [1.165, 1.54) is 0 Å². The maximum atomic E-state index is 12.8. The summed E-state index contributed by atoms with van der Waals surface area (Å²) < 4.78 is 11.4. The fourth-order valence-corrected chi connectivity index (χ4v) is 4.41. The molecule has 7 heteroatoms. The normalized spacial score (nSPS) is 26.6. The van der Waals surface area contributed by atoms with Crippen LogP contribution < -0.4 is 0 Å². The van der Waals surface area contributed by atoms with Gasteiger partial charge in [0.1, 0.15) is 6.04 Å². The SMILES string of the molecule is CC(C)=CC(=O)N1CSCC1C(=O)N1CCC2(CC1)OCCO2. The van der Waals surface area contributed by atoms with E-state index < -0.39 is 5.79 Å². The maximum Gasteiger partial charge on any atom is 0.247 e. The van der Waals surface area contributed by atoms with Gasteiger partial charge in [-0.15, -0.1) is 11.8 Å². The van der Waals surface area contributed by atoms with Gasteiger partial charge in [0.05, 0.1) is 19.1 Å². The highest BCUT2D eigenvalue weighted by Gasteiger charge is 2.43. The molecule has 1 unspecified atom stereocenters. The van der Waals surface area contributed by atoms with Crippen LogP contribution in [0.4, 0.5) is 0 Å². The smallest absolute Gasteiger partial charge is 0.247 e. The molecular weight excluding hydrogens is 316 g/mol. The lowest BCUT2D eigenvalue weighted by atomic mass is 10.0. The molecule has 0 aromatic carbocycles. The van der Waals surface area contributed by atoms with Crippen LogP contribution in [0.5, 0.6) is 0 Å². The minimum Gasteiger partial charge on any atom is -0.347 e. The van der Waals surface area contributed by atoms with Crippen molar-refractivity contribution in [2.24, 2.45) is 0 Å². The van der Waals surface area contributed by atoms with E-state index in [9.17, 15) is 9.59 Å². The third-order valence-electron chi connectivity index (χ3n) is 4.51. The summed E-state index contributed by atoms with van der Waals surface area (Å²) in [4.78, 5) is 28.6. The molecule has 23 heavy (non-hydrogen) atoms. The first kappa shape index (κ1) is 16.8. The van der Waals surface area contributed by atoms with E-state index in [4.69, 9.17) is 9.47 Å². The standard InChI is InChI=1S/C16H24N2O4S/c1-12(2)9-14(19)18-11-23-10-13(18)15(20)17-5-3-16(4-6-17)21-7-8-22-16/h9,13H,3-8,10-11H2,1-2H3. The third kappa shape index (κ3) is 3.56. The molecule has 3 heterocycles. The monoisotopic (exact) mass is 340 g/mol. The number of allylic oxidation sites excluding steroid dienone is 1. The number of hydrogen-bond acceptors (Lipinski definition) is 5. The van der Waals surface area contributed by atoms with Crippen LogP contribution in [0.15, 0.2) is 11.6 Å². The Hall–Kier alpha value is -1.05. The quantitative estimate of drug-likeness (QED) is 0.708. The van der Waals surface area contributed by atoms with E-state index in [2.05, 4.69) is 0 Å². The first-order valence-corrected chi connectivity index (χ1v) is 9.26. The minimum atomic E-state index is -0.473. The van der Waals surface area contributed by atoms with Crippen LogP contribution >= 0.6 is 11.8 Å². The van der Waals surface area contributed by atoms with Crippen molar-refractivity contribution in [3.63, 3.8) is 0 Å². The van der Waals surface area contributed by atoms with Crippen LogP contribution in [-0.2, 0) is 19.1 Å². The largest absolute Gasteiger partial charge is 0.347 e. The number of piperidine rings is 1. The molecule has 0 aliphatic carbocycles. The number of ether oxygens (including phenoxy) is 2. The van der Waals surface area contributed by atoms with Crippen molar-refractivity contribution in [1.82, 2.24) is 9.80 Å². The van der Waals surface area contributed by atoms with Crippen molar-refractivity contribution in [2.75, 3.05) is 37.9 Å². The summed E-state index contributed by atoms with van der Waals surface area (Å²) in [6, 6.07) is -0.345. The first-order valence-electron chi connectivity index (χ1n) is 8.11. The topological polar surface area (TPSA) is 59.1 Å². The van der Waals surface area contributed by atoms with Crippen LogP contribution in [-0.4, -0.2) is 71.4 Å². The first-order chi connectivity index (χ1) is 11.0. The number of rotatable bonds is 2. The zero-order valence-electron chi connectivity index (χ0n) is 13.7. The molecule has 3 fully saturated rings. The highest BCUT2D eigenvalue weighted by molar-refractivity contribution is 7.99. The van der Waals surface area contributed by atoms with Crippen LogP contribution in [0, 0.1) is 0 Å². The summed E-state index contributed by atoms with van der Waals surface area (Å²) in [5, 5.41) is 0. The summed E-state index contributed by atoms with van der Waals surface area (Å²) in [5.74, 6) is 0.778. The number of hydrogen-bond donors (Lipinski definition) is 0. The van der Waals surface area contributed by atoms with Gasteiger partial charge >= 0.3 is 0 Å². The zero-order chi connectivity index (χ0) is 16.4. The lowest BCUT2D eigenvalue weighted by Crippen LogP contribution is -2.53. The van der Waals surface area contributed by atoms with Crippen LogP contribution in [0.2, 0.25) is 0 Å². The highest BCUT2D eigenvalue weighted by Crippen LogP contribution is 2.32. The van der Waals surface area contributed by atoms with Crippen LogP contribution in [0.1, 0.15) is 26.7 Å². The Kier molecular flexibility index (Phi) is 4.98. The number of nitrogens with zero attached hydrogens (tertiary/aromatic N) is 2. The molecule has 1 spiro atoms. The van der Waals surface area contributed by atoms with Gasteiger partial charge in [0, 0.05) is 37.8 Å². The van der Waals surface area contributed by atoms with E-state index in [1.807, 2.05) is 18.7 Å². The van der Waals surface area contributed by atoms with E-state index >= 15 is 0 Å².